The predicted molar refractivity (Wildman–Crippen MR) is 422 cm³/mol. The van der Waals surface area contributed by atoms with Crippen molar-refractivity contribution in [2.75, 3.05) is 58.9 Å². The Balaban J connectivity index is 0.000000105. The summed E-state index contributed by atoms with van der Waals surface area (Å²) in [6, 6.07) is 55.5. The Bertz CT molecular complexity index is 5180. The van der Waals surface area contributed by atoms with Crippen LogP contribution in [0.1, 0.15) is 123 Å². The third-order valence-corrected chi connectivity index (χ3v) is 22.4. The Morgan fingerprint density at radius 3 is 1.18 bits per heavy atom. The summed E-state index contributed by atoms with van der Waals surface area (Å²) >= 11 is 0. The van der Waals surface area contributed by atoms with Gasteiger partial charge in [0.05, 0.1) is 66.4 Å². The van der Waals surface area contributed by atoms with Crippen molar-refractivity contribution in [1.82, 2.24) is 79.1 Å². The van der Waals surface area contributed by atoms with Crippen LogP contribution in [0.4, 0.5) is 4.39 Å². The van der Waals surface area contributed by atoms with Crippen LogP contribution in [0.3, 0.4) is 0 Å². The van der Waals surface area contributed by atoms with Gasteiger partial charge in [0.25, 0.3) is 23.6 Å². The first-order valence-corrected chi connectivity index (χ1v) is 38.6. The van der Waals surface area contributed by atoms with Crippen LogP contribution in [0.15, 0.2) is 176 Å². The molecular formula is C87H91FN16O4. The van der Waals surface area contributed by atoms with E-state index in [2.05, 4.69) is 176 Å². The number of nitrogens with zero attached hydrogens (tertiary/aromatic N) is 12. The number of imidazole rings is 4. The van der Waals surface area contributed by atoms with E-state index in [0.717, 1.165) is 138 Å². The minimum atomic E-state index is -0.438. The first-order valence-electron chi connectivity index (χ1n) is 38.6. The summed E-state index contributed by atoms with van der Waals surface area (Å²) in [7, 11) is 0. The van der Waals surface area contributed by atoms with Crippen molar-refractivity contribution in [2.24, 2.45) is 0 Å². The minimum absolute atomic E-state index is 0.0131. The van der Waals surface area contributed by atoms with Crippen LogP contribution >= 0.6 is 0 Å². The van der Waals surface area contributed by atoms with Crippen molar-refractivity contribution in [1.29, 1.82) is 0 Å². The summed E-state index contributed by atoms with van der Waals surface area (Å²) < 4.78 is 22.6. The molecule has 1 unspecified atom stereocenters. The number of aromatic nitrogens is 8. The summed E-state index contributed by atoms with van der Waals surface area (Å²) in [5, 5.41) is 11.9. The highest BCUT2D eigenvalue weighted by Gasteiger charge is 2.30. The number of para-hydroxylation sites is 3. The maximum atomic E-state index is 14.0. The molecular weight excluding hydrogens is 1350 g/mol. The fraction of sp³-hybridized carbons (Fsp3) is 0.333. The zero-order chi connectivity index (χ0) is 73.5. The second-order valence-corrected chi connectivity index (χ2v) is 30.2. The molecule has 4 amide bonds. The molecule has 3 atom stereocenters. The molecule has 0 radical (unpaired) electrons. The van der Waals surface area contributed by atoms with Gasteiger partial charge in [-0.15, -0.1) is 0 Å². The molecule has 20 rings (SSSR count). The lowest BCUT2D eigenvalue weighted by atomic mass is 10.1. The molecule has 20 nitrogen and oxygen atoms in total. The average molecular weight is 1440 g/mol. The lowest BCUT2D eigenvalue weighted by Gasteiger charge is -2.21. The van der Waals surface area contributed by atoms with Crippen molar-refractivity contribution >= 4 is 67.8 Å². The normalized spacial score (nSPS) is 19.2. The fourth-order valence-electron chi connectivity index (χ4n) is 17.0. The van der Waals surface area contributed by atoms with E-state index >= 15 is 0 Å². The molecule has 21 heteroatoms. The number of carbonyl (C=O) groups excluding carboxylic acids is 4. The summed E-state index contributed by atoms with van der Waals surface area (Å²) in [6.07, 6.45) is 12.2. The van der Waals surface area contributed by atoms with Crippen LogP contribution in [-0.2, 0) is 52.4 Å². The lowest BCUT2D eigenvalue weighted by Crippen LogP contribution is -2.33. The van der Waals surface area contributed by atoms with E-state index in [1.54, 1.807) is 0 Å². The van der Waals surface area contributed by atoms with E-state index in [1.807, 2.05) is 73.0 Å². The topological polar surface area (TPSA) is 201 Å². The number of hydrogen-bond acceptors (Lipinski definition) is 12. The maximum absolute atomic E-state index is 14.0. The Labute approximate surface area is 627 Å². The van der Waals surface area contributed by atoms with Gasteiger partial charge in [0.1, 0.15) is 29.1 Å². The third-order valence-electron chi connectivity index (χ3n) is 22.4. The number of hydrogen-bond donors (Lipinski definition) is 4. The molecule has 3 saturated heterocycles. The summed E-state index contributed by atoms with van der Waals surface area (Å²) in [4.78, 5) is 78.8. The molecule has 4 N–H and O–H groups in total. The zero-order valence-corrected chi connectivity index (χ0v) is 61.6. The third kappa shape index (κ3) is 14.3. The monoisotopic (exact) mass is 1440 g/mol. The molecule has 0 saturated carbocycles. The van der Waals surface area contributed by atoms with E-state index < -0.39 is 5.82 Å². The molecule has 12 aromatic rings. The van der Waals surface area contributed by atoms with Crippen molar-refractivity contribution in [3.8, 4) is 45.6 Å². The predicted octanol–water partition coefficient (Wildman–Crippen LogP) is 13.3. The van der Waals surface area contributed by atoms with Crippen molar-refractivity contribution in [3.63, 3.8) is 0 Å². The molecule has 550 valence electrons. The Hall–Kier alpha value is -11.0. The molecule has 8 aliphatic rings. The smallest absolute Gasteiger partial charge is 0.253 e. The van der Waals surface area contributed by atoms with Gasteiger partial charge in [0.2, 0.25) is 0 Å². The number of amides is 4. The Kier molecular flexibility index (Phi) is 19.7. The SMILES string of the molecule is CC1CCCN1Cc1ccc(-c2nc3cccc4c3n2CCNC4=O)cc1.C[C@H]1Cn2c(-c3ccc(CN4CC=CC4)cc3)nc3cccc(c32)C(=O)N1.C[C@H]1Cn2c(-c3ccc(CN4CCCC4)cc3)nc3cccc(c32)C(=O)N1.O=C1NCCn2c(-c3ccc(CN4CCCC4)cc3)nc3cc(F)cc1c32. The summed E-state index contributed by atoms with van der Waals surface area (Å²) in [6.45, 7) is 22.3. The molecule has 0 bridgehead atoms. The Morgan fingerprint density at radius 1 is 0.380 bits per heavy atom. The first kappa shape index (κ1) is 70.0. The van der Waals surface area contributed by atoms with E-state index in [0.29, 0.717) is 59.0 Å². The van der Waals surface area contributed by atoms with Crippen molar-refractivity contribution < 1.29 is 23.6 Å². The molecule has 0 aliphatic carbocycles. The highest BCUT2D eigenvalue weighted by atomic mass is 19.1. The molecule has 12 heterocycles. The van der Waals surface area contributed by atoms with Gasteiger partial charge in [-0.05, 0) is 157 Å². The van der Waals surface area contributed by atoms with Crippen LogP contribution in [0.25, 0.3) is 89.7 Å². The van der Waals surface area contributed by atoms with Crippen LogP contribution < -0.4 is 21.3 Å². The molecule has 3 fully saturated rings. The van der Waals surface area contributed by atoms with E-state index in [1.165, 1.54) is 106 Å². The molecule has 0 spiro atoms. The average Bonchev–Trinajstić information content (AvgIpc) is 1.62. The number of likely N-dealkylation sites (tertiary alicyclic amines) is 3. The number of carbonyl (C=O) groups is 4. The second-order valence-electron chi connectivity index (χ2n) is 30.2. The van der Waals surface area contributed by atoms with Crippen LogP contribution in [0.5, 0.6) is 0 Å². The van der Waals surface area contributed by atoms with Gasteiger partial charge in [-0.3, -0.25) is 38.8 Å². The van der Waals surface area contributed by atoms with Gasteiger partial charge in [-0.1, -0.05) is 127 Å². The van der Waals surface area contributed by atoms with Gasteiger partial charge < -0.3 is 39.5 Å². The highest BCUT2D eigenvalue weighted by Crippen LogP contribution is 2.35. The standard InChI is InChI=1S/2C22H24N4O.C22H22N4O.C21H21FN4O/c1-15-4-3-12-25(15)14-16-7-9-17(10-8-16)21-24-19-6-2-5-18-20(19)26(21)13-11-23-22(18)27;2*1-15-13-26-20-18(22(27)23-15)5-4-6-19(20)24-21(26)17-9-7-16(8-10-17)14-25-11-2-3-12-25;22-16-11-17-19-18(12-16)24-20(26(19)10-7-23-21(17)27)15-5-3-14(4-6-15)13-25-8-1-2-9-25/h2,5-10,15H,3-4,11-14H2,1H3,(H,23,27);4-10,15H,2-3,11-14H2,1H3,(H,23,27);2-10,15H,11-14H2,1H3,(H,23,27);3-6,11-12H,1-2,7-10,13H2,(H,23,27)/t;2*15-;/m.00./s1. The van der Waals surface area contributed by atoms with Gasteiger partial charge in [-0.25, -0.2) is 24.3 Å². The summed E-state index contributed by atoms with van der Waals surface area (Å²) in [5.74, 6) is 2.85. The van der Waals surface area contributed by atoms with Gasteiger partial charge in [0, 0.05) is 125 Å². The first-order chi connectivity index (χ1) is 52.8. The molecule has 8 aliphatic heterocycles. The van der Waals surface area contributed by atoms with Gasteiger partial charge >= 0.3 is 0 Å². The fourth-order valence-corrected chi connectivity index (χ4v) is 17.0. The second kappa shape index (κ2) is 30.4. The largest absolute Gasteiger partial charge is 0.350 e. The maximum Gasteiger partial charge on any atom is 0.253 e. The van der Waals surface area contributed by atoms with Gasteiger partial charge in [-0.2, -0.15) is 0 Å². The summed E-state index contributed by atoms with van der Waals surface area (Å²) in [5.41, 5.74) is 18.7. The van der Waals surface area contributed by atoms with Gasteiger partial charge in [0.15, 0.2) is 0 Å². The zero-order valence-electron chi connectivity index (χ0n) is 61.6. The lowest BCUT2D eigenvalue weighted by molar-refractivity contribution is 0.0933. The number of halogens is 1. The quantitative estimate of drug-likeness (QED) is 0.0845. The van der Waals surface area contributed by atoms with E-state index in [9.17, 15) is 23.6 Å². The van der Waals surface area contributed by atoms with Crippen LogP contribution in [-0.4, -0.2) is 158 Å². The van der Waals surface area contributed by atoms with Crippen LogP contribution in [0, 0.1) is 5.82 Å². The van der Waals surface area contributed by atoms with Crippen LogP contribution in [0.2, 0.25) is 0 Å². The van der Waals surface area contributed by atoms with Crippen molar-refractivity contribution in [3.05, 3.63) is 226 Å². The highest BCUT2D eigenvalue weighted by molar-refractivity contribution is 6.09. The van der Waals surface area contributed by atoms with E-state index in [4.69, 9.17) is 15.0 Å². The molecule has 108 heavy (non-hydrogen) atoms. The van der Waals surface area contributed by atoms with Crippen molar-refractivity contribution in [2.45, 2.75) is 130 Å². The van der Waals surface area contributed by atoms with E-state index in [-0.39, 0.29) is 35.7 Å². The number of benzene rings is 8. The molecule has 4 aromatic heterocycles. The number of nitrogens with one attached hydrogen (secondary N) is 4. The molecule has 8 aromatic carbocycles. The Morgan fingerprint density at radius 2 is 0.750 bits per heavy atom. The minimum Gasteiger partial charge on any atom is -0.350 e. The number of rotatable bonds is 12.